The first-order valence-electron chi connectivity index (χ1n) is 7.85. The van der Waals surface area contributed by atoms with E-state index in [1.165, 1.54) is 6.26 Å². The summed E-state index contributed by atoms with van der Waals surface area (Å²) in [7, 11) is -3.06. The average molecular weight is 334 g/mol. The van der Waals surface area contributed by atoms with E-state index in [1.807, 2.05) is 31.2 Å². The number of aromatic nitrogens is 3. The molecule has 0 amide bonds. The summed E-state index contributed by atoms with van der Waals surface area (Å²) in [6, 6.07) is 7.99. The number of aryl methyl sites for hydroxylation is 1. The van der Waals surface area contributed by atoms with Gasteiger partial charge in [0.1, 0.15) is 5.69 Å². The van der Waals surface area contributed by atoms with Crippen LogP contribution >= 0.6 is 0 Å². The predicted octanol–water partition coefficient (Wildman–Crippen LogP) is 1.99. The minimum absolute atomic E-state index is 0.483. The largest absolute Gasteiger partial charge is 0.282 e. The third-order valence-corrected chi connectivity index (χ3v) is 5.62. The second kappa shape index (κ2) is 6.41. The van der Waals surface area contributed by atoms with Crippen LogP contribution in [0.25, 0.3) is 11.4 Å². The quantitative estimate of drug-likeness (QED) is 0.927. The average Bonchev–Trinajstić information content (AvgIpc) is 2.94. The van der Waals surface area contributed by atoms with E-state index in [0.717, 1.165) is 42.0 Å². The summed E-state index contributed by atoms with van der Waals surface area (Å²) in [5, 5.41) is 7.18. The van der Waals surface area contributed by atoms with E-state index < -0.39 is 10.0 Å². The van der Waals surface area contributed by atoms with Crippen molar-refractivity contribution in [3.63, 3.8) is 0 Å². The first kappa shape index (κ1) is 16.1. The number of nitrogens with zero attached hydrogens (tertiary/aromatic N) is 3. The minimum atomic E-state index is -3.06. The van der Waals surface area contributed by atoms with Crippen molar-refractivity contribution < 1.29 is 8.42 Å². The van der Waals surface area contributed by atoms with E-state index in [0.29, 0.717) is 19.0 Å². The number of pyridine rings is 1. The molecule has 0 unspecified atom stereocenters. The Kier molecular flexibility index (Phi) is 4.50. The van der Waals surface area contributed by atoms with Crippen molar-refractivity contribution in [1.29, 1.82) is 0 Å². The second-order valence-electron chi connectivity index (χ2n) is 6.26. The molecule has 0 atom stereocenters. The zero-order valence-electron chi connectivity index (χ0n) is 13.5. The number of aromatic amines is 1. The topological polar surface area (TPSA) is 79.0 Å². The molecule has 3 rings (SSSR count). The van der Waals surface area contributed by atoms with Gasteiger partial charge in [0.25, 0.3) is 0 Å². The molecule has 0 saturated carbocycles. The van der Waals surface area contributed by atoms with Crippen LogP contribution in [0.5, 0.6) is 0 Å². The van der Waals surface area contributed by atoms with E-state index in [9.17, 15) is 8.42 Å². The van der Waals surface area contributed by atoms with Gasteiger partial charge in [0, 0.05) is 24.5 Å². The molecule has 124 valence electrons. The van der Waals surface area contributed by atoms with Crippen molar-refractivity contribution in [3.05, 3.63) is 35.7 Å². The van der Waals surface area contributed by atoms with Crippen molar-refractivity contribution in [2.75, 3.05) is 19.3 Å². The number of rotatable bonds is 4. The molecule has 7 heteroatoms. The zero-order valence-corrected chi connectivity index (χ0v) is 14.3. The molecule has 2 aromatic heterocycles. The molecule has 2 aromatic rings. The summed E-state index contributed by atoms with van der Waals surface area (Å²) in [4.78, 5) is 4.70. The van der Waals surface area contributed by atoms with Gasteiger partial charge in [-0.15, -0.1) is 0 Å². The molecule has 1 fully saturated rings. The van der Waals surface area contributed by atoms with Crippen molar-refractivity contribution in [2.45, 2.75) is 26.2 Å². The zero-order chi connectivity index (χ0) is 16.4. The molecule has 0 aliphatic carbocycles. The van der Waals surface area contributed by atoms with Crippen LogP contribution in [0.4, 0.5) is 0 Å². The highest BCUT2D eigenvalue weighted by Gasteiger charge is 2.25. The number of H-pyrrole nitrogens is 1. The van der Waals surface area contributed by atoms with Crippen molar-refractivity contribution in [1.82, 2.24) is 19.5 Å². The van der Waals surface area contributed by atoms with Crippen molar-refractivity contribution in [2.24, 2.45) is 5.92 Å². The summed E-state index contributed by atoms with van der Waals surface area (Å²) in [6.45, 7) is 3.19. The summed E-state index contributed by atoms with van der Waals surface area (Å²) in [5.74, 6) is 0.483. The van der Waals surface area contributed by atoms with E-state index >= 15 is 0 Å². The first-order chi connectivity index (χ1) is 10.9. The minimum Gasteiger partial charge on any atom is -0.282 e. The molecule has 0 bridgehead atoms. The smallest absolute Gasteiger partial charge is 0.211 e. The lowest BCUT2D eigenvalue weighted by Gasteiger charge is -2.30. The van der Waals surface area contributed by atoms with E-state index in [1.54, 1.807) is 4.31 Å². The Morgan fingerprint density at radius 2 is 2.00 bits per heavy atom. The molecule has 1 saturated heterocycles. The Bertz CT molecular complexity index is 777. The van der Waals surface area contributed by atoms with Crippen LogP contribution in [-0.4, -0.2) is 47.2 Å². The van der Waals surface area contributed by atoms with Gasteiger partial charge in [-0.3, -0.25) is 10.1 Å². The number of sulfonamides is 1. The molecule has 3 heterocycles. The standard InChI is InChI=1S/C16H22N4O2S/c1-12-10-16(19-18-12)15-5-3-4-14(17-15)11-13-6-8-20(9-7-13)23(2,21)22/h3-5,10,13H,6-9,11H2,1-2H3,(H,18,19). The molecule has 1 aliphatic rings. The van der Waals surface area contributed by atoms with Gasteiger partial charge < -0.3 is 0 Å². The summed E-state index contributed by atoms with van der Waals surface area (Å²) < 4.78 is 24.7. The van der Waals surface area contributed by atoms with Crippen LogP contribution in [0.2, 0.25) is 0 Å². The molecule has 23 heavy (non-hydrogen) atoms. The SMILES string of the molecule is Cc1cc(-c2cccc(CC3CCN(S(C)(=O)=O)CC3)n2)n[nH]1. The lowest BCUT2D eigenvalue weighted by molar-refractivity contribution is 0.273. The fraction of sp³-hybridized carbons (Fsp3) is 0.500. The highest BCUT2D eigenvalue weighted by atomic mass is 32.2. The Labute approximate surface area is 137 Å². The van der Waals surface area contributed by atoms with Crippen molar-refractivity contribution >= 4 is 10.0 Å². The van der Waals surface area contributed by atoms with Crippen LogP contribution in [0.3, 0.4) is 0 Å². The molecule has 6 nitrogen and oxygen atoms in total. The Morgan fingerprint density at radius 3 is 2.61 bits per heavy atom. The monoisotopic (exact) mass is 334 g/mol. The van der Waals surface area contributed by atoms with Gasteiger partial charge >= 0.3 is 0 Å². The lowest BCUT2D eigenvalue weighted by atomic mass is 9.93. The number of piperidine rings is 1. The number of nitrogens with one attached hydrogen (secondary N) is 1. The van der Waals surface area contributed by atoms with Crippen LogP contribution in [0, 0.1) is 12.8 Å². The Hall–Kier alpha value is -1.73. The fourth-order valence-electron chi connectivity index (χ4n) is 3.03. The van der Waals surface area contributed by atoms with Crippen molar-refractivity contribution in [3.8, 4) is 11.4 Å². The number of hydrogen-bond donors (Lipinski definition) is 1. The second-order valence-corrected chi connectivity index (χ2v) is 8.24. The van der Waals surface area contributed by atoms with E-state index in [2.05, 4.69) is 10.2 Å². The van der Waals surface area contributed by atoms with Gasteiger partial charge in [0.2, 0.25) is 10.0 Å². The third kappa shape index (κ3) is 3.97. The maximum atomic E-state index is 11.6. The molecular formula is C16H22N4O2S. The Balaban J connectivity index is 1.65. The third-order valence-electron chi connectivity index (χ3n) is 4.32. The van der Waals surface area contributed by atoms with Gasteiger partial charge in [0.05, 0.1) is 11.9 Å². The molecule has 0 spiro atoms. The highest BCUT2D eigenvalue weighted by Crippen LogP contribution is 2.23. The normalized spacial score (nSPS) is 17.5. The van der Waals surface area contributed by atoms with E-state index in [4.69, 9.17) is 4.98 Å². The van der Waals surface area contributed by atoms with E-state index in [-0.39, 0.29) is 0 Å². The first-order valence-corrected chi connectivity index (χ1v) is 9.70. The molecule has 1 N–H and O–H groups in total. The number of hydrogen-bond acceptors (Lipinski definition) is 4. The summed E-state index contributed by atoms with van der Waals surface area (Å²) in [6.07, 6.45) is 3.94. The van der Waals surface area contributed by atoms with Gasteiger partial charge in [-0.1, -0.05) is 6.07 Å². The van der Waals surface area contributed by atoms with Crippen LogP contribution in [-0.2, 0) is 16.4 Å². The Morgan fingerprint density at radius 1 is 1.26 bits per heavy atom. The summed E-state index contributed by atoms with van der Waals surface area (Å²) >= 11 is 0. The summed E-state index contributed by atoms with van der Waals surface area (Å²) in [5.41, 5.74) is 3.79. The highest BCUT2D eigenvalue weighted by molar-refractivity contribution is 7.88. The van der Waals surface area contributed by atoms with Crippen LogP contribution in [0.1, 0.15) is 24.2 Å². The van der Waals surface area contributed by atoms with Gasteiger partial charge in [0.15, 0.2) is 0 Å². The molecular weight excluding hydrogens is 312 g/mol. The fourth-order valence-corrected chi connectivity index (χ4v) is 3.90. The van der Waals surface area contributed by atoms with Gasteiger partial charge in [-0.05, 0) is 50.3 Å². The predicted molar refractivity (Wildman–Crippen MR) is 89.4 cm³/mol. The van der Waals surface area contributed by atoms with Crippen LogP contribution in [0.15, 0.2) is 24.3 Å². The molecule has 0 aromatic carbocycles. The van der Waals surface area contributed by atoms with Gasteiger partial charge in [-0.2, -0.15) is 5.10 Å². The maximum Gasteiger partial charge on any atom is 0.211 e. The molecule has 0 radical (unpaired) electrons. The van der Waals surface area contributed by atoms with Gasteiger partial charge in [-0.25, -0.2) is 12.7 Å². The van der Waals surface area contributed by atoms with Crippen LogP contribution < -0.4 is 0 Å². The molecule has 1 aliphatic heterocycles. The lowest BCUT2D eigenvalue weighted by Crippen LogP contribution is -2.38. The maximum absolute atomic E-state index is 11.6.